The van der Waals surface area contributed by atoms with Crippen molar-refractivity contribution in [1.29, 1.82) is 0 Å². The summed E-state index contributed by atoms with van der Waals surface area (Å²) in [6, 6.07) is 10.3. The van der Waals surface area contributed by atoms with Crippen molar-refractivity contribution in [2.45, 2.75) is 25.4 Å². The fourth-order valence-corrected chi connectivity index (χ4v) is 4.48. The topological polar surface area (TPSA) is 91.8 Å². The molecule has 1 aliphatic carbocycles. The summed E-state index contributed by atoms with van der Waals surface area (Å²) in [4.78, 5) is 19.3. The monoisotopic (exact) mass is 508 g/mol. The third-order valence-corrected chi connectivity index (χ3v) is 6.42. The standard InChI is InChI=1S/C27H20F4N4O2/c28-26-19-13-16(7-10-21(19)34-35-26)23(17-6-8-18(33-14-17)9-11-22(36)37)24(15-3-1-4-15)25-20(27(29,30)31)5-2-12-32-25/h2,5-15H,1,3-4H2,(H,34,35)(H,36,37)/b11-9+,24-23?. The van der Waals surface area contributed by atoms with E-state index in [1.54, 1.807) is 30.3 Å². The van der Waals surface area contributed by atoms with Gasteiger partial charge in [-0.3, -0.25) is 15.1 Å². The summed E-state index contributed by atoms with van der Waals surface area (Å²) in [5, 5.41) is 15.3. The highest BCUT2D eigenvalue weighted by Crippen LogP contribution is 2.47. The zero-order chi connectivity index (χ0) is 26.2. The molecule has 1 fully saturated rings. The van der Waals surface area contributed by atoms with Crippen molar-refractivity contribution in [2.24, 2.45) is 5.92 Å². The first-order chi connectivity index (χ1) is 17.7. The van der Waals surface area contributed by atoms with Gasteiger partial charge in [-0.15, -0.1) is 0 Å². The first kappa shape index (κ1) is 24.4. The maximum Gasteiger partial charge on any atom is 0.418 e. The second kappa shape index (κ2) is 9.61. The number of hydrogen-bond donors (Lipinski definition) is 2. The number of nitrogens with one attached hydrogen (secondary N) is 1. The van der Waals surface area contributed by atoms with Gasteiger partial charge in [-0.2, -0.15) is 22.7 Å². The Morgan fingerprint density at radius 3 is 2.51 bits per heavy atom. The molecule has 0 amide bonds. The van der Waals surface area contributed by atoms with Crippen LogP contribution in [0.15, 0.2) is 60.9 Å². The summed E-state index contributed by atoms with van der Waals surface area (Å²) in [6.45, 7) is 0. The van der Waals surface area contributed by atoms with E-state index in [4.69, 9.17) is 5.11 Å². The highest BCUT2D eigenvalue weighted by molar-refractivity contribution is 6.01. The predicted molar refractivity (Wildman–Crippen MR) is 129 cm³/mol. The molecule has 10 heteroatoms. The van der Waals surface area contributed by atoms with E-state index >= 15 is 0 Å². The van der Waals surface area contributed by atoms with Gasteiger partial charge in [0, 0.05) is 24.0 Å². The lowest BCUT2D eigenvalue weighted by molar-refractivity contribution is -0.138. The second-order valence-corrected chi connectivity index (χ2v) is 8.73. The molecule has 1 saturated carbocycles. The van der Waals surface area contributed by atoms with Gasteiger partial charge in [-0.25, -0.2) is 4.79 Å². The van der Waals surface area contributed by atoms with Crippen molar-refractivity contribution in [3.8, 4) is 0 Å². The molecular formula is C27H20F4N4O2. The number of halogens is 4. The maximum atomic E-state index is 14.4. The van der Waals surface area contributed by atoms with Crippen molar-refractivity contribution in [1.82, 2.24) is 20.2 Å². The molecule has 3 aromatic heterocycles. The fourth-order valence-electron chi connectivity index (χ4n) is 4.48. The molecular weight excluding hydrogens is 488 g/mol. The Morgan fingerprint density at radius 1 is 1.08 bits per heavy atom. The molecule has 0 spiro atoms. The molecule has 6 nitrogen and oxygen atoms in total. The molecule has 5 rings (SSSR count). The smallest absolute Gasteiger partial charge is 0.418 e. The number of aromatic amines is 1. The third-order valence-electron chi connectivity index (χ3n) is 6.42. The molecule has 188 valence electrons. The van der Waals surface area contributed by atoms with Crippen LogP contribution in [-0.2, 0) is 11.0 Å². The number of aromatic nitrogens is 4. The molecule has 2 N–H and O–H groups in total. The molecule has 0 radical (unpaired) electrons. The van der Waals surface area contributed by atoms with E-state index in [0.29, 0.717) is 46.3 Å². The summed E-state index contributed by atoms with van der Waals surface area (Å²) in [6.07, 6.45) is 2.66. The summed E-state index contributed by atoms with van der Waals surface area (Å²) in [5.74, 6) is -1.98. The Labute approximate surface area is 208 Å². The van der Waals surface area contributed by atoms with Gasteiger partial charge in [0.1, 0.15) is 0 Å². The van der Waals surface area contributed by atoms with Gasteiger partial charge < -0.3 is 5.11 Å². The summed E-state index contributed by atoms with van der Waals surface area (Å²) in [7, 11) is 0. The van der Waals surface area contributed by atoms with Gasteiger partial charge in [-0.05, 0) is 71.9 Å². The number of benzene rings is 1. The number of carboxylic acids is 1. The molecule has 1 aliphatic rings. The van der Waals surface area contributed by atoms with Crippen LogP contribution in [0.3, 0.4) is 0 Å². The van der Waals surface area contributed by atoms with Gasteiger partial charge >= 0.3 is 12.1 Å². The molecule has 0 atom stereocenters. The van der Waals surface area contributed by atoms with Crippen LogP contribution in [0.5, 0.6) is 0 Å². The quantitative estimate of drug-likeness (QED) is 0.233. The number of H-pyrrole nitrogens is 1. The number of pyridine rings is 2. The van der Waals surface area contributed by atoms with Crippen LogP contribution in [0.2, 0.25) is 0 Å². The van der Waals surface area contributed by atoms with Crippen molar-refractivity contribution in [3.05, 3.63) is 95.0 Å². The Morgan fingerprint density at radius 2 is 1.86 bits per heavy atom. The van der Waals surface area contributed by atoms with E-state index in [9.17, 15) is 22.4 Å². The average molecular weight is 508 g/mol. The number of nitrogens with zero attached hydrogens (tertiary/aromatic N) is 3. The van der Waals surface area contributed by atoms with Gasteiger partial charge in [0.05, 0.1) is 27.9 Å². The number of aliphatic carboxylic acids is 1. The van der Waals surface area contributed by atoms with Crippen LogP contribution in [-0.4, -0.2) is 31.2 Å². The largest absolute Gasteiger partial charge is 0.478 e. The van der Waals surface area contributed by atoms with Crippen molar-refractivity contribution in [2.75, 3.05) is 0 Å². The van der Waals surface area contributed by atoms with E-state index in [1.807, 2.05) is 0 Å². The molecule has 3 heterocycles. The van der Waals surface area contributed by atoms with Gasteiger partial charge in [0.2, 0.25) is 5.95 Å². The fraction of sp³-hybridized carbons (Fsp3) is 0.185. The number of carboxylic acid groups (broad SMARTS) is 1. The molecule has 4 aromatic rings. The predicted octanol–water partition coefficient (Wildman–Crippen LogP) is 6.37. The van der Waals surface area contributed by atoms with Crippen molar-refractivity contribution in [3.63, 3.8) is 0 Å². The molecule has 1 aromatic carbocycles. The molecule has 0 aliphatic heterocycles. The third kappa shape index (κ3) is 4.87. The van der Waals surface area contributed by atoms with Gasteiger partial charge in [0.15, 0.2) is 0 Å². The number of carbonyl (C=O) groups is 1. The minimum atomic E-state index is -4.63. The van der Waals surface area contributed by atoms with E-state index in [0.717, 1.165) is 18.6 Å². The highest BCUT2D eigenvalue weighted by Gasteiger charge is 2.38. The van der Waals surface area contributed by atoms with Gasteiger partial charge in [0.25, 0.3) is 0 Å². The molecule has 37 heavy (non-hydrogen) atoms. The number of allylic oxidation sites excluding steroid dienone is 1. The lowest BCUT2D eigenvalue weighted by atomic mass is 9.73. The summed E-state index contributed by atoms with van der Waals surface area (Å²) in [5.41, 5.74) is 1.58. The van der Waals surface area contributed by atoms with Gasteiger partial charge in [-0.1, -0.05) is 18.6 Å². The van der Waals surface area contributed by atoms with E-state index in [-0.39, 0.29) is 17.0 Å². The molecule has 0 bridgehead atoms. The average Bonchev–Trinajstić information content (AvgIpc) is 3.21. The SMILES string of the molecule is O=C(O)/C=C/c1ccc(C(=C(c2ncccc2C(F)(F)F)C2CCC2)c2ccc3n[nH]c(F)c3c2)cn1. The minimum absolute atomic E-state index is 0.169. The van der Waals surface area contributed by atoms with Crippen LogP contribution in [0.1, 0.15) is 47.3 Å². The summed E-state index contributed by atoms with van der Waals surface area (Å²) >= 11 is 0. The van der Waals surface area contributed by atoms with Crippen LogP contribution in [0.25, 0.3) is 28.1 Å². The first-order valence-corrected chi connectivity index (χ1v) is 11.5. The number of alkyl halides is 3. The second-order valence-electron chi connectivity index (χ2n) is 8.73. The Kier molecular flexibility index (Phi) is 6.32. The number of hydrogen-bond acceptors (Lipinski definition) is 4. The Hall–Kier alpha value is -4.34. The van der Waals surface area contributed by atoms with Crippen LogP contribution in [0, 0.1) is 11.9 Å². The normalized spacial score (nSPS) is 15.1. The van der Waals surface area contributed by atoms with E-state index in [1.165, 1.54) is 24.5 Å². The van der Waals surface area contributed by atoms with Crippen molar-refractivity contribution < 1.29 is 27.5 Å². The van der Waals surface area contributed by atoms with E-state index in [2.05, 4.69) is 20.2 Å². The number of fused-ring (bicyclic) bond motifs is 1. The lowest BCUT2D eigenvalue weighted by Crippen LogP contribution is -2.19. The Balaban J connectivity index is 1.80. The molecule has 0 unspecified atom stereocenters. The minimum Gasteiger partial charge on any atom is -0.478 e. The zero-order valence-electron chi connectivity index (χ0n) is 19.3. The first-order valence-electron chi connectivity index (χ1n) is 11.5. The highest BCUT2D eigenvalue weighted by atomic mass is 19.4. The zero-order valence-corrected chi connectivity index (χ0v) is 19.3. The van der Waals surface area contributed by atoms with Crippen LogP contribution in [0.4, 0.5) is 17.6 Å². The lowest BCUT2D eigenvalue weighted by Gasteiger charge is -2.32. The van der Waals surface area contributed by atoms with E-state index < -0.39 is 23.7 Å². The van der Waals surface area contributed by atoms with Crippen LogP contribution >= 0.6 is 0 Å². The summed E-state index contributed by atoms with van der Waals surface area (Å²) < 4.78 is 56.7. The van der Waals surface area contributed by atoms with Crippen LogP contribution < -0.4 is 0 Å². The Bertz CT molecular complexity index is 1530. The maximum absolute atomic E-state index is 14.4. The van der Waals surface area contributed by atoms with Crippen molar-refractivity contribution >= 4 is 34.1 Å². The molecule has 0 saturated heterocycles. The number of rotatable bonds is 6.